The number of rotatable bonds is 7. The Balaban J connectivity index is 2.71. The molecule has 2 N–H and O–H groups in total. The number of hydrogen-bond donors (Lipinski definition) is 2. The minimum atomic E-state index is -0.282. The molecular weight excluding hydrogens is 262 g/mol. The molecule has 0 unspecified atom stereocenters. The van der Waals surface area contributed by atoms with Crippen molar-refractivity contribution < 1.29 is 24.6 Å². The Labute approximate surface area is 117 Å². The van der Waals surface area contributed by atoms with Crippen LogP contribution >= 0.6 is 0 Å². The van der Waals surface area contributed by atoms with Crippen molar-refractivity contribution in [3.05, 3.63) is 34.9 Å². The van der Waals surface area contributed by atoms with Crippen LogP contribution in [0.2, 0.25) is 0 Å². The summed E-state index contributed by atoms with van der Waals surface area (Å²) in [5, 5.41) is 19.3. The molecule has 1 amide bonds. The van der Waals surface area contributed by atoms with Gasteiger partial charge in [-0.25, -0.2) is 5.06 Å². The van der Waals surface area contributed by atoms with Gasteiger partial charge in [0.25, 0.3) is 0 Å². The van der Waals surface area contributed by atoms with E-state index in [4.69, 9.17) is 9.94 Å². The van der Waals surface area contributed by atoms with Gasteiger partial charge in [-0.3, -0.25) is 14.4 Å². The van der Waals surface area contributed by atoms with Gasteiger partial charge in [-0.2, -0.15) is 0 Å². The first-order chi connectivity index (χ1) is 9.53. The fourth-order valence-electron chi connectivity index (χ4n) is 1.72. The average molecular weight is 281 g/mol. The van der Waals surface area contributed by atoms with Crippen LogP contribution in [0.5, 0.6) is 0 Å². The van der Waals surface area contributed by atoms with Crippen LogP contribution in [0.25, 0.3) is 0 Å². The maximum Gasteiger partial charge on any atom is 0.246 e. The Morgan fingerprint density at radius 3 is 2.35 bits per heavy atom. The first-order valence-electron chi connectivity index (χ1n) is 6.20. The number of amides is 1. The molecule has 6 nitrogen and oxygen atoms in total. The zero-order chi connectivity index (χ0) is 15.1. The molecule has 0 fully saturated rings. The molecule has 0 saturated heterocycles. The largest absolute Gasteiger partial charge is 0.392 e. The Hall–Kier alpha value is -1.76. The van der Waals surface area contributed by atoms with Gasteiger partial charge in [-0.15, -0.1) is 0 Å². The van der Waals surface area contributed by atoms with Gasteiger partial charge in [0.05, 0.1) is 20.3 Å². The second-order valence-electron chi connectivity index (χ2n) is 4.30. The van der Waals surface area contributed by atoms with Crippen LogP contribution in [0.15, 0.2) is 18.2 Å². The summed E-state index contributed by atoms with van der Waals surface area (Å²) in [5.41, 5.74) is 1.51. The molecule has 0 aliphatic rings. The highest BCUT2D eigenvalue weighted by Gasteiger charge is 2.13. The topological polar surface area (TPSA) is 87.1 Å². The summed E-state index contributed by atoms with van der Waals surface area (Å²) in [6.07, 6.45) is 0.120. The van der Waals surface area contributed by atoms with Crippen LogP contribution < -0.4 is 0 Å². The van der Waals surface area contributed by atoms with Crippen LogP contribution in [0.3, 0.4) is 0 Å². The average Bonchev–Trinajstić information content (AvgIpc) is 2.50. The summed E-state index contributed by atoms with van der Waals surface area (Å²) in [5.74, 6) is -0.475. The maximum absolute atomic E-state index is 12.0. The third-order valence-corrected chi connectivity index (χ3v) is 3.06. The minimum absolute atomic E-state index is 0.0549. The predicted molar refractivity (Wildman–Crippen MR) is 71.6 cm³/mol. The van der Waals surface area contributed by atoms with Crippen LogP contribution in [0.1, 0.15) is 34.3 Å². The number of aliphatic hydroxyl groups is 2. The molecule has 0 atom stereocenters. The molecule has 1 aromatic carbocycles. The fraction of sp³-hybridized carbons (Fsp3) is 0.429. The Bertz CT molecular complexity index is 486. The highest BCUT2D eigenvalue weighted by Crippen LogP contribution is 2.15. The number of ketones is 1. The predicted octanol–water partition coefficient (Wildman–Crippen LogP) is 0.654. The molecule has 6 heteroatoms. The first-order valence-corrected chi connectivity index (χ1v) is 6.20. The van der Waals surface area contributed by atoms with Gasteiger partial charge in [0.2, 0.25) is 5.91 Å². The number of nitrogens with zero attached hydrogens (tertiary/aromatic N) is 1. The summed E-state index contributed by atoms with van der Waals surface area (Å²) in [4.78, 5) is 28.2. The second kappa shape index (κ2) is 7.74. The molecule has 0 radical (unpaired) electrons. The molecule has 0 aliphatic carbocycles. The molecule has 0 bridgehead atoms. The lowest BCUT2D eigenvalue weighted by atomic mass is 10.00. The third kappa shape index (κ3) is 4.12. The van der Waals surface area contributed by atoms with Gasteiger partial charge in [0, 0.05) is 25.5 Å². The highest BCUT2D eigenvalue weighted by molar-refractivity contribution is 5.98. The zero-order valence-corrected chi connectivity index (χ0v) is 11.6. The summed E-state index contributed by atoms with van der Waals surface area (Å²) < 4.78 is 0. The lowest BCUT2D eigenvalue weighted by molar-refractivity contribution is -0.168. The smallest absolute Gasteiger partial charge is 0.246 e. The lowest BCUT2D eigenvalue weighted by Crippen LogP contribution is -2.25. The van der Waals surface area contributed by atoms with Gasteiger partial charge in [-0.05, 0) is 17.2 Å². The lowest BCUT2D eigenvalue weighted by Gasteiger charge is -2.13. The quantitative estimate of drug-likeness (QED) is 0.566. The molecule has 0 aromatic heterocycles. The summed E-state index contributed by atoms with van der Waals surface area (Å²) in [6.45, 7) is -0.441. The van der Waals surface area contributed by atoms with E-state index in [2.05, 4.69) is 0 Å². The van der Waals surface area contributed by atoms with Crippen molar-refractivity contribution in [1.29, 1.82) is 0 Å². The number of Topliss-reactive ketones (excluding diaryl/α,β-unsaturated/α-hetero) is 1. The summed E-state index contributed by atoms with van der Waals surface area (Å²) >= 11 is 0. The number of benzene rings is 1. The molecule has 0 aliphatic heterocycles. The van der Waals surface area contributed by atoms with E-state index < -0.39 is 0 Å². The fourth-order valence-corrected chi connectivity index (χ4v) is 1.72. The van der Waals surface area contributed by atoms with E-state index in [0.29, 0.717) is 16.7 Å². The normalized spacial score (nSPS) is 10.4. The maximum atomic E-state index is 12.0. The second-order valence-corrected chi connectivity index (χ2v) is 4.30. The summed E-state index contributed by atoms with van der Waals surface area (Å²) in [6, 6.07) is 4.72. The van der Waals surface area contributed by atoms with Gasteiger partial charge in [-0.1, -0.05) is 12.1 Å². The number of hydrogen-bond acceptors (Lipinski definition) is 5. The molecule has 1 rings (SSSR count). The molecule has 110 valence electrons. The number of hydroxylamine groups is 2. The Morgan fingerprint density at radius 1 is 1.15 bits per heavy atom. The number of carbonyl (C=O) groups is 2. The van der Waals surface area contributed by atoms with Crippen molar-refractivity contribution in [3.63, 3.8) is 0 Å². The van der Waals surface area contributed by atoms with Crippen molar-refractivity contribution >= 4 is 11.7 Å². The molecule has 20 heavy (non-hydrogen) atoms. The van der Waals surface area contributed by atoms with E-state index in [1.165, 1.54) is 14.2 Å². The van der Waals surface area contributed by atoms with E-state index in [-0.39, 0.29) is 37.7 Å². The van der Waals surface area contributed by atoms with Gasteiger partial charge < -0.3 is 10.2 Å². The third-order valence-electron chi connectivity index (χ3n) is 3.06. The zero-order valence-electron chi connectivity index (χ0n) is 11.6. The number of carbonyl (C=O) groups excluding carboxylic acids is 2. The molecule has 1 aromatic rings. The van der Waals surface area contributed by atoms with E-state index >= 15 is 0 Å². The van der Waals surface area contributed by atoms with Crippen LogP contribution in [-0.4, -0.2) is 41.1 Å². The highest BCUT2D eigenvalue weighted by atomic mass is 16.7. The van der Waals surface area contributed by atoms with Crippen molar-refractivity contribution in [1.82, 2.24) is 5.06 Å². The van der Waals surface area contributed by atoms with E-state index in [1.807, 2.05) is 0 Å². The minimum Gasteiger partial charge on any atom is -0.392 e. The van der Waals surface area contributed by atoms with Crippen LogP contribution in [0.4, 0.5) is 0 Å². The molecule has 0 saturated carbocycles. The Morgan fingerprint density at radius 2 is 1.80 bits per heavy atom. The molecule has 0 heterocycles. The standard InChI is InChI=1S/C14H19NO5/c1-15(20-2)14(19)6-5-13(18)10-3-4-11(8-16)12(7-10)9-17/h3-4,7,16-17H,5-6,8-9H2,1-2H3. The van der Waals surface area contributed by atoms with Crippen molar-refractivity contribution in [2.24, 2.45) is 0 Å². The molecular formula is C14H19NO5. The van der Waals surface area contributed by atoms with Gasteiger partial charge >= 0.3 is 0 Å². The molecule has 0 spiro atoms. The van der Waals surface area contributed by atoms with E-state index in [1.54, 1.807) is 18.2 Å². The van der Waals surface area contributed by atoms with E-state index in [0.717, 1.165) is 5.06 Å². The SMILES string of the molecule is CON(C)C(=O)CCC(=O)c1ccc(CO)c(CO)c1. The van der Waals surface area contributed by atoms with Gasteiger partial charge in [0.15, 0.2) is 5.78 Å². The van der Waals surface area contributed by atoms with Crippen LogP contribution in [-0.2, 0) is 22.8 Å². The summed E-state index contributed by atoms with van der Waals surface area (Å²) in [7, 11) is 2.85. The van der Waals surface area contributed by atoms with Crippen LogP contribution in [0, 0.1) is 0 Å². The van der Waals surface area contributed by atoms with Gasteiger partial charge in [0.1, 0.15) is 0 Å². The number of aliphatic hydroxyl groups excluding tert-OH is 2. The monoisotopic (exact) mass is 281 g/mol. The first kappa shape index (κ1) is 16.3. The van der Waals surface area contributed by atoms with Crippen molar-refractivity contribution in [2.45, 2.75) is 26.1 Å². The van der Waals surface area contributed by atoms with E-state index in [9.17, 15) is 14.7 Å². The Kier molecular flexibility index (Phi) is 6.30. The van der Waals surface area contributed by atoms with Crippen molar-refractivity contribution in [3.8, 4) is 0 Å². The van der Waals surface area contributed by atoms with Crippen molar-refractivity contribution in [2.75, 3.05) is 14.2 Å².